The van der Waals surface area contributed by atoms with E-state index < -0.39 is 8.32 Å². The van der Waals surface area contributed by atoms with Gasteiger partial charge in [0.05, 0.1) is 6.10 Å². The van der Waals surface area contributed by atoms with Crippen LogP contribution in [0.5, 0.6) is 0 Å². The molecule has 0 aliphatic heterocycles. The highest BCUT2D eigenvalue weighted by molar-refractivity contribution is 6.74. The quantitative estimate of drug-likeness (QED) is 0.197. The minimum absolute atomic E-state index is 0.105. The van der Waals surface area contributed by atoms with Gasteiger partial charge in [0.15, 0.2) is 8.32 Å². The second-order valence-corrected chi connectivity index (χ2v) is 23.5. The maximum atomic E-state index is 12.7. The molecule has 0 N–H and O–H groups in total. The van der Waals surface area contributed by atoms with Crippen LogP contribution in [0.1, 0.15) is 133 Å². The Kier molecular flexibility index (Phi) is 6.79. The third kappa shape index (κ3) is 4.11. The number of hydrogen-bond donors (Lipinski definition) is 0. The Morgan fingerprint density at radius 3 is 2.13 bits per heavy atom. The number of allylic oxidation sites excluding steroid dienone is 2. The normalized spacial score (nSPS) is 47.1. The standard InChI is InChI=1S/C36H62O2Si/c1-30(2,3)39(11,12)38-29-16-17-33(8)27(32(29,6)7)15-18-35(10)28(33)14-13-25-26-23-31(4,5)19-21-36(26,24-37)22-20-34(25,35)9/h13,24,26-29H,14-23H2,1-12H3/t26?,27?,28?,29-,33-,34+,35+,36+/m0/s1. The zero-order chi connectivity index (χ0) is 29.1. The largest absolute Gasteiger partial charge is 0.413 e. The van der Waals surface area contributed by atoms with Gasteiger partial charge in [0.25, 0.3) is 0 Å². The molecule has 5 aliphatic carbocycles. The van der Waals surface area contributed by atoms with Crippen LogP contribution in [0.15, 0.2) is 11.6 Å². The number of hydrogen-bond acceptors (Lipinski definition) is 2. The van der Waals surface area contributed by atoms with Crippen LogP contribution in [0.2, 0.25) is 18.1 Å². The van der Waals surface area contributed by atoms with Gasteiger partial charge in [0, 0.05) is 5.41 Å². The Balaban J connectivity index is 1.49. The lowest BCUT2D eigenvalue weighted by atomic mass is 9.33. The molecular weight excluding hydrogens is 492 g/mol. The van der Waals surface area contributed by atoms with Crippen LogP contribution in [0.3, 0.4) is 0 Å². The number of rotatable bonds is 3. The molecule has 5 aliphatic rings. The molecule has 4 fully saturated rings. The average Bonchev–Trinajstić information content (AvgIpc) is 2.80. The van der Waals surface area contributed by atoms with Gasteiger partial charge in [-0.25, -0.2) is 0 Å². The average molecular weight is 555 g/mol. The first-order valence-electron chi connectivity index (χ1n) is 16.5. The van der Waals surface area contributed by atoms with Crippen molar-refractivity contribution in [2.45, 2.75) is 158 Å². The molecule has 8 atom stereocenters. The SMILES string of the molecule is CC1(C)CC[C@]2(C=O)CC[C@]3(C)C(=CCC4[C@@]5(C)CC[C@H](O[Si](C)(C)C(C)(C)C)C(C)(C)C5CC[C@]43C)C2C1. The first-order chi connectivity index (χ1) is 17.7. The van der Waals surface area contributed by atoms with Gasteiger partial charge in [-0.3, -0.25) is 0 Å². The molecule has 0 aromatic rings. The summed E-state index contributed by atoms with van der Waals surface area (Å²) in [5.74, 6) is 1.87. The second kappa shape index (κ2) is 8.81. The second-order valence-electron chi connectivity index (χ2n) is 18.8. The predicted molar refractivity (Wildman–Crippen MR) is 167 cm³/mol. The Bertz CT molecular complexity index is 1030. The summed E-state index contributed by atoms with van der Waals surface area (Å²) in [6, 6.07) is 0. The summed E-state index contributed by atoms with van der Waals surface area (Å²) in [6.07, 6.45) is 16.6. The molecule has 0 spiro atoms. The summed E-state index contributed by atoms with van der Waals surface area (Å²) in [7, 11) is -1.82. The van der Waals surface area contributed by atoms with E-state index in [1.54, 1.807) is 5.57 Å². The maximum Gasteiger partial charge on any atom is 0.192 e. The third-order valence-electron chi connectivity index (χ3n) is 15.1. The van der Waals surface area contributed by atoms with Crippen LogP contribution in [0.25, 0.3) is 0 Å². The summed E-state index contributed by atoms with van der Waals surface area (Å²) < 4.78 is 7.22. The van der Waals surface area contributed by atoms with Gasteiger partial charge >= 0.3 is 0 Å². The highest BCUT2D eigenvalue weighted by Gasteiger charge is 2.68. The maximum absolute atomic E-state index is 12.7. The van der Waals surface area contributed by atoms with Gasteiger partial charge < -0.3 is 9.22 Å². The van der Waals surface area contributed by atoms with Gasteiger partial charge in [0.2, 0.25) is 0 Å². The molecule has 2 nitrogen and oxygen atoms in total. The molecule has 0 heterocycles. The van der Waals surface area contributed by atoms with Gasteiger partial charge in [-0.2, -0.15) is 0 Å². The van der Waals surface area contributed by atoms with Crippen LogP contribution in [-0.2, 0) is 9.22 Å². The number of carbonyl (C=O) groups is 1. The molecule has 0 amide bonds. The van der Waals surface area contributed by atoms with Crippen molar-refractivity contribution >= 4 is 14.6 Å². The Morgan fingerprint density at radius 2 is 1.51 bits per heavy atom. The fourth-order valence-corrected chi connectivity index (χ4v) is 12.7. The Morgan fingerprint density at radius 1 is 0.872 bits per heavy atom. The zero-order valence-electron chi connectivity index (χ0n) is 27.9. The highest BCUT2D eigenvalue weighted by atomic mass is 28.4. The van der Waals surface area contributed by atoms with E-state index in [9.17, 15) is 4.79 Å². The van der Waals surface area contributed by atoms with E-state index in [-0.39, 0.29) is 21.3 Å². The first-order valence-corrected chi connectivity index (χ1v) is 19.4. The van der Waals surface area contributed by atoms with E-state index in [0.29, 0.717) is 40.1 Å². The third-order valence-corrected chi connectivity index (χ3v) is 19.6. The fraction of sp³-hybridized carbons (Fsp3) is 0.917. The van der Waals surface area contributed by atoms with Crippen molar-refractivity contribution in [2.24, 2.45) is 50.2 Å². The number of aldehydes is 1. The lowest BCUT2D eigenvalue weighted by Crippen LogP contribution is -2.65. The van der Waals surface area contributed by atoms with E-state index >= 15 is 0 Å². The van der Waals surface area contributed by atoms with Crippen LogP contribution < -0.4 is 0 Å². The molecule has 39 heavy (non-hydrogen) atoms. The van der Waals surface area contributed by atoms with Gasteiger partial charge in [0.1, 0.15) is 6.29 Å². The summed E-state index contributed by atoms with van der Waals surface area (Å²) >= 11 is 0. The summed E-state index contributed by atoms with van der Waals surface area (Å²) in [5.41, 5.74) is 3.00. The minimum atomic E-state index is -1.82. The van der Waals surface area contributed by atoms with Crippen LogP contribution in [-0.4, -0.2) is 20.7 Å². The van der Waals surface area contributed by atoms with E-state index in [4.69, 9.17) is 4.43 Å². The molecule has 0 saturated heterocycles. The molecule has 3 unspecified atom stereocenters. The monoisotopic (exact) mass is 554 g/mol. The summed E-state index contributed by atoms with van der Waals surface area (Å²) in [6.45, 7) is 30.1. The van der Waals surface area contributed by atoms with Crippen LogP contribution in [0, 0.1) is 50.2 Å². The van der Waals surface area contributed by atoms with E-state index in [1.807, 2.05) is 0 Å². The van der Waals surface area contributed by atoms with Crippen molar-refractivity contribution in [3.8, 4) is 0 Å². The molecule has 0 aromatic carbocycles. The van der Waals surface area contributed by atoms with Crippen LogP contribution >= 0.6 is 0 Å². The molecule has 222 valence electrons. The zero-order valence-corrected chi connectivity index (χ0v) is 28.9. The molecule has 0 radical (unpaired) electrons. The number of carbonyl (C=O) groups excluding carboxylic acids is 1. The Hall–Kier alpha value is -0.413. The van der Waals surface area contributed by atoms with Crippen LogP contribution in [0.4, 0.5) is 0 Å². The lowest BCUT2D eigenvalue weighted by molar-refractivity contribution is -0.200. The van der Waals surface area contributed by atoms with E-state index in [1.165, 1.54) is 57.7 Å². The lowest BCUT2D eigenvalue weighted by Gasteiger charge is -2.71. The topological polar surface area (TPSA) is 26.3 Å². The predicted octanol–water partition coefficient (Wildman–Crippen LogP) is 10.4. The smallest absolute Gasteiger partial charge is 0.192 e. The van der Waals surface area contributed by atoms with Crippen molar-refractivity contribution < 1.29 is 9.22 Å². The molecule has 0 bridgehead atoms. The minimum Gasteiger partial charge on any atom is -0.413 e. The Labute approximate surface area is 243 Å². The van der Waals surface area contributed by atoms with E-state index in [2.05, 4.69) is 88.4 Å². The fourth-order valence-electron chi connectivity index (χ4n) is 11.2. The summed E-state index contributed by atoms with van der Waals surface area (Å²) in [5, 5.41) is 0.250. The van der Waals surface area contributed by atoms with Crippen molar-refractivity contribution in [3.63, 3.8) is 0 Å². The molecule has 0 aromatic heterocycles. The van der Waals surface area contributed by atoms with Crippen molar-refractivity contribution in [2.75, 3.05) is 0 Å². The molecule has 4 saturated carbocycles. The van der Waals surface area contributed by atoms with Crippen molar-refractivity contribution in [1.82, 2.24) is 0 Å². The van der Waals surface area contributed by atoms with Gasteiger partial charge in [-0.1, -0.05) is 80.9 Å². The molecule has 5 rings (SSSR count). The molecular formula is C36H62O2Si. The highest BCUT2D eigenvalue weighted by Crippen LogP contribution is 2.75. The first kappa shape index (κ1) is 30.1. The van der Waals surface area contributed by atoms with Crippen molar-refractivity contribution in [3.05, 3.63) is 11.6 Å². The van der Waals surface area contributed by atoms with Gasteiger partial charge in [-0.15, -0.1) is 0 Å². The number of fused-ring (bicyclic) bond motifs is 7. The van der Waals surface area contributed by atoms with Gasteiger partial charge in [-0.05, 0) is 127 Å². The summed E-state index contributed by atoms with van der Waals surface area (Å²) in [4.78, 5) is 12.7. The molecule has 3 heteroatoms. The van der Waals surface area contributed by atoms with Crippen molar-refractivity contribution in [1.29, 1.82) is 0 Å². The van der Waals surface area contributed by atoms with E-state index in [0.717, 1.165) is 12.8 Å².